The first-order valence-corrected chi connectivity index (χ1v) is 10.6. The van der Waals surface area contributed by atoms with Gasteiger partial charge in [0, 0.05) is 31.7 Å². The zero-order valence-electron chi connectivity index (χ0n) is 16.1. The Morgan fingerprint density at radius 2 is 1.75 bits per heavy atom. The molecule has 0 saturated carbocycles. The number of benzene rings is 2. The van der Waals surface area contributed by atoms with E-state index >= 15 is 0 Å². The van der Waals surface area contributed by atoms with Crippen molar-refractivity contribution in [2.75, 3.05) is 26.2 Å². The summed E-state index contributed by atoms with van der Waals surface area (Å²) in [6.07, 6.45) is 1.14. The van der Waals surface area contributed by atoms with Crippen LogP contribution < -0.4 is 0 Å². The molecule has 2 aromatic carbocycles. The van der Waals surface area contributed by atoms with Crippen LogP contribution in [0, 0.1) is 5.82 Å². The summed E-state index contributed by atoms with van der Waals surface area (Å²) in [5.74, 6) is -0.246. The molecule has 1 atom stereocenters. The maximum atomic E-state index is 14.0. The molecule has 6 heteroatoms. The Labute approximate surface area is 169 Å². The predicted molar refractivity (Wildman–Crippen MR) is 112 cm³/mol. The van der Waals surface area contributed by atoms with Gasteiger partial charge < -0.3 is 0 Å². The Balaban J connectivity index is 1.40. The lowest BCUT2D eigenvalue weighted by molar-refractivity contribution is 0.208. The van der Waals surface area contributed by atoms with Gasteiger partial charge in [0.2, 0.25) is 0 Å². The molecule has 0 bridgehead atoms. The topological polar surface area (TPSA) is 32.3 Å². The van der Waals surface area contributed by atoms with Crippen molar-refractivity contribution in [1.82, 2.24) is 20.0 Å². The quantitative estimate of drug-likeness (QED) is 0.630. The number of hydrogen-bond acceptors (Lipinski definition) is 5. The van der Waals surface area contributed by atoms with E-state index in [-0.39, 0.29) is 11.9 Å². The van der Waals surface area contributed by atoms with Crippen molar-refractivity contribution in [2.24, 2.45) is 0 Å². The molecule has 0 radical (unpaired) electrons. The van der Waals surface area contributed by atoms with Gasteiger partial charge in [0.05, 0.1) is 6.04 Å². The molecule has 0 spiro atoms. The average molecular weight is 397 g/mol. The summed E-state index contributed by atoms with van der Waals surface area (Å²) >= 11 is 1.49. The minimum atomic E-state index is -0.246. The lowest BCUT2D eigenvalue weighted by Crippen LogP contribution is -2.32. The number of aromatic nitrogens is 2. The van der Waals surface area contributed by atoms with Crippen LogP contribution in [0.15, 0.2) is 54.6 Å². The van der Waals surface area contributed by atoms with E-state index < -0.39 is 0 Å². The summed E-state index contributed by atoms with van der Waals surface area (Å²) in [6.45, 7) is 7.37. The molecule has 1 aliphatic rings. The standard InChI is InChI=1S/C22H25FN4S/c1-17(21-24-25-22(28-21)19-10-5-6-11-20(19)23)27-13-7-12-26(14-15-27)16-18-8-3-2-4-9-18/h2-6,8-11,17H,7,12-16H2,1H3. The van der Waals surface area contributed by atoms with Crippen LogP contribution >= 0.6 is 11.3 Å². The Morgan fingerprint density at radius 3 is 2.57 bits per heavy atom. The molecule has 1 aromatic heterocycles. The second-order valence-electron chi connectivity index (χ2n) is 7.25. The third kappa shape index (κ3) is 4.46. The van der Waals surface area contributed by atoms with Crippen molar-refractivity contribution in [3.8, 4) is 10.6 Å². The van der Waals surface area contributed by atoms with E-state index in [1.54, 1.807) is 12.1 Å². The van der Waals surface area contributed by atoms with E-state index in [0.29, 0.717) is 10.6 Å². The highest BCUT2D eigenvalue weighted by atomic mass is 32.1. The molecule has 4 nitrogen and oxygen atoms in total. The second kappa shape index (κ2) is 8.90. The van der Waals surface area contributed by atoms with Crippen LogP contribution in [-0.2, 0) is 6.54 Å². The summed E-state index contributed by atoms with van der Waals surface area (Å²) in [7, 11) is 0. The molecule has 1 fully saturated rings. The summed E-state index contributed by atoms with van der Waals surface area (Å²) < 4.78 is 14.0. The highest BCUT2D eigenvalue weighted by molar-refractivity contribution is 7.14. The van der Waals surface area contributed by atoms with Gasteiger partial charge in [-0.15, -0.1) is 10.2 Å². The van der Waals surface area contributed by atoms with Crippen LogP contribution in [0.4, 0.5) is 4.39 Å². The van der Waals surface area contributed by atoms with Crippen LogP contribution in [0.2, 0.25) is 0 Å². The fourth-order valence-corrected chi connectivity index (χ4v) is 4.64. The van der Waals surface area contributed by atoms with E-state index in [1.165, 1.54) is 23.0 Å². The summed E-state index contributed by atoms with van der Waals surface area (Å²) in [4.78, 5) is 4.99. The van der Waals surface area contributed by atoms with Crippen LogP contribution in [0.3, 0.4) is 0 Å². The Bertz CT molecular complexity index is 898. The lowest BCUT2D eigenvalue weighted by atomic mass is 10.2. The van der Waals surface area contributed by atoms with E-state index in [0.717, 1.165) is 44.2 Å². The number of hydrogen-bond donors (Lipinski definition) is 0. The summed E-state index contributed by atoms with van der Waals surface area (Å²) in [5, 5.41) is 10.2. The fraction of sp³-hybridized carbons (Fsp3) is 0.364. The molecule has 0 amide bonds. The van der Waals surface area contributed by atoms with E-state index in [4.69, 9.17) is 0 Å². The zero-order valence-corrected chi connectivity index (χ0v) is 16.9. The van der Waals surface area contributed by atoms with E-state index in [9.17, 15) is 4.39 Å². The van der Waals surface area contributed by atoms with Gasteiger partial charge in [-0.3, -0.25) is 9.80 Å². The second-order valence-corrected chi connectivity index (χ2v) is 8.26. The predicted octanol–water partition coefficient (Wildman–Crippen LogP) is 4.61. The molecule has 2 heterocycles. The number of halogens is 1. The van der Waals surface area contributed by atoms with Gasteiger partial charge in [-0.1, -0.05) is 53.8 Å². The van der Waals surface area contributed by atoms with Crippen LogP contribution in [0.25, 0.3) is 10.6 Å². The first-order valence-electron chi connectivity index (χ1n) is 9.79. The van der Waals surface area contributed by atoms with Gasteiger partial charge in [0.25, 0.3) is 0 Å². The van der Waals surface area contributed by atoms with Crippen LogP contribution in [0.5, 0.6) is 0 Å². The third-order valence-electron chi connectivity index (χ3n) is 5.32. The molecule has 1 saturated heterocycles. The zero-order chi connectivity index (χ0) is 19.3. The molecular formula is C22H25FN4S. The van der Waals surface area contributed by atoms with Gasteiger partial charge in [-0.25, -0.2) is 4.39 Å². The molecule has 28 heavy (non-hydrogen) atoms. The third-order valence-corrected chi connectivity index (χ3v) is 6.45. The number of rotatable bonds is 5. The van der Waals surface area contributed by atoms with Crippen molar-refractivity contribution >= 4 is 11.3 Å². The van der Waals surface area contributed by atoms with Gasteiger partial charge >= 0.3 is 0 Å². The normalized spacial score (nSPS) is 17.4. The van der Waals surface area contributed by atoms with Crippen molar-refractivity contribution in [2.45, 2.75) is 25.9 Å². The molecule has 1 unspecified atom stereocenters. The highest BCUT2D eigenvalue weighted by Gasteiger charge is 2.23. The SMILES string of the molecule is CC(c1nnc(-c2ccccc2F)s1)N1CCCN(Cc2ccccc2)CC1. The minimum Gasteiger partial charge on any atom is -0.298 e. The van der Waals surface area contributed by atoms with E-state index in [1.807, 2.05) is 6.07 Å². The van der Waals surface area contributed by atoms with Crippen molar-refractivity contribution in [3.63, 3.8) is 0 Å². The maximum absolute atomic E-state index is 14.0. The van der Waals surface area contributed by atoms with Crippen LogP contribution in [0.1, 0.15) is 30.0 Å². The molecule has 146 valence electrons. The molecule has 0 N–H and O–H groups in total. The largest absolute Gasteiger partial charge is 0.298 e. The minimum absolute atomic E-state index is 0.190. The molecular weight excluding hydrogens is 371 g/mol. The average Bonchev–Trinajstić information content (AvgIpc) is 3.09. The Hall–Kier alpha value is -2.15. The van der Waals surface area contributed by atoms with E-state index in [2.05, 4.69) is 57.3 Å². The molecule has 1 aliphatic heterocycles. The Morgan fingerprint density at radius 1 is 0.964 bits per heavy atom. The fourth-order valence-electron chi connectivity index (χ4n) is 3.68. The first-order chi connectivity index (χ1) is 13.7. The van der Waals surface area contributed by atoms with Gasteiger partial charge in [0.15, 0.2) is 5.01 Å². The van der Waals surface area contributed by atoms with Gasteiger partial charge in [0.1, 0.15) is 10.8 Å². The smallest absolute Gasteiger partial charge is 0.150 e. The summed E-state index contributed by atoms with van der Waals surface area (Å²) in [5.41, 5.74) is 1.89. The summed E-state index contributed by atoms with van der Waals surface area (Å²) in [6, 6.07) is 17.6. The molecule has 3 aromatic rings. The van der Waals surface area contributed by atoms with Crippen molar-refractivity contribution < 1.29 is 4.39 Å². The molecule has 4 rings (SSSR count). The van der Waals surface area contributed by atoms with Crippen molar-refractivity contribution in [3.05, 3.63) is 71.0 Å². The number of nitrogens with zero attached hydrogens (tertiary/aromatic N) is 4. The molecule has 0 aliphatic carbocycles. The Kier molecular flexibility index (Phi) is 6.10. The van der Waals surface area contributed by atoms with Crippen molar-refractivity contribution in [1.29, 1.82) is 0 Å². The van der Waals surface area contributed by atoms with Gasteiger partial charge in [-0.2, -0.15) is 0 Å². The maximum Gasteiger partial charge on any atom is 0.150 e. The highest BCUT2D eigenvalue weighted by Crippen LogP contribution is 2.31. The lowest BCUT2D eigenvalue weighted by Gasteiger charge is -2.26. The van der Waals surface area contributed by atoms with Gasteiger partial charge in [-0.05, 0) is 37.6 Å². The first kappa shape index (κ1) is 19.2. The van der Waals surface area contributed by atoms with Crippen LogP contribution in [-0.4, -0.2) is 46.2 Å². The monoisotopic (exact) mass is 396 g/mol.